The van der Waals surface area contributed by atoms with Crippen LogP contribution in [-0.2, 0) is 4.74 Å². The fourth-order valence-electron chi connectivity index (χ4n) is 3.11. The molecule has 0 N–H and O–H groups in total. The summed E-state index contributed by atoms with van der Waals surface area (Å²) in [6.45, 7) is 6.36. The first-order chi connectivity index (χ1) is 10.8. The zero-order valence-electron chi connectivity index (χ0n) is 13.7. The molecule has 1 aliphatic rings. The quantitative estimate of drug-likeness (QED) is 0.741. The first-order valence-electron chi connectivity index (χ1n) is 7.88. The van der Waals surface area contributed by atoms with Crippen molar-refractivity contribution in [1.82, 2.24) is 9.88 Å². The highest BCUT2D eigenvalue weighted by Crippen LogP contribution is 2.38. The van der Waals surface area contributed by atoms with Crippen molar-refractivity contribution < 1.29 is 9.53 Å². The average Bonchev–Trinajstić information content (AvgIpc) is 2.93. The lowest BCUT2D eigenvalue weighted by Gasteiger charge is -2.29. The number of hydrogen-bond acceptors (Lipinski definition) is 3. The Morgan fingerprint density at radius 1 is 1.39 bits per heavy atom. The monoisotopic (exact) mass is 332 g/mol. The summed E-state index contributed by atoms with van der Waals surface area (Å²) in [7, 11) is 0. The van der Waals surface area contributed by atoms with Crippen LogP contribution in [0.4, 0.5) is 4.79 Å². The van der Waals surface area contributed by atoms with Crippen LogP contribution in [-0.4, -0.2) is 28.1 Å². The number of hydrogen-bond donors (Lipinski definition) is 0. The van der Waals surface area contributed by atoms with Crippen LogP contribution in [0.1, 0.15) is 45.2 Å². The lowest BCUT2D eigenvalue weighted by molar-refractivity contribution is 0.0225. The Morgan fingerprint density at radius 2 is 2.17 bits per heavy atom. The Morgan fingerprint density at radius 3 is 2.91 bits per heavy atom. The van der Waals surface area contributed by atoms with Gasteiger partial charge < -0.3 is 9.64 Å². The van der Waals surface area contributed by atoms with Gasteiger partial charge in [0.25, 0.3) is 0 Å². The number of benzene rings is 1. The highest BCUT2D eigenvalue weighted by atomic mass is 35.5. The summed E-state index contributed by atoms with van der Waals surface area (Å²) in [5, 5.41) is 2.74. The summed E-state index contributed by atoms with van der Waals surface area (Å²) in [6, 6.07) is 5.83. The molecular weight excluding hydrogens is 312 g/mol. The number of halogens is 1. The molecule has 0 saturated carbocycles. The van der Waals surface area contributed by atoms with E-state index in [-0.39, 0.29) is 12.1 Å². The molecule has 5 heteroatoms. The second kappa shape index (κ2) is 6.00. The van der Waals surface area contributed by atoms with Crippen LogP contribution in [0.15, 0.2) is 30.6 Å². The van der Waals surface area contributed by atoms with Crippen molar-refractivity contribution in [2.45, 2.75) is 45.3 Å². The maximum Gasteiger partial charge on any atom is 0.410 e. The van der Waals surface area contributed by atoms with Gasteiger partial charge in [-0.1, -0.05) is 11.6 Å². The van der Waals surface area contributed by atoms with Gasteiger partial charge in [-0.05, 0) is 62.8 Å². The fourth-order valence-corrected chi connectivity index (χ4v) is 3.34. The molecule has 1 amide bonds. The number of rotatable bonds is 1. The number of nitrogens with zero attached hydrogens (tertiary/aromatic N) is 2. The van der Waals surface area contributed by atoms with Crippen LogP contribution in [0.25, 0.3) is 10.8 Å². The standard InChI is InChI=1S/C18H21ClN2O2/c1-18(2,3)23-17(22)21-8-4-5-16(21)15-10-13(19)9-12-11-20-7-6-14(12)15/h6-7,9-11,16H,4-5,8H2,1-3H3/t16-/m0/s1. The molecule has 0 spiro atoms. The number of likely N-dealkylation sites (tertiary alicyclic amines) is 1. The van der Waals surface area contributed by atoms with Crippen LogP contribution in [0.5, 0.6) is 0 Å². The van der Waals surface area contributed by atoms with Crippen molar-refractivity contribution >= 4 is 28.5 Å². The van der Waals surface area contributed by atoms with Gasteiger partial charge in [0.05, 0.1) is 6.04 Å². The van der Waals surface area contributed by atoms with Gasteiger partial charge in [-0.25, -0.2) is 4.79 Å². The number of amides is 1. The Balaban J connectivity index is 1.99. The van der Waals surface area contributed by atoms with E-state index in [1.54, 1.807) is 12.4 Å². The smallest absolute Gasteiger partial charge is 0.410 e. The minimum absolute atomic E-state index is 0.00606. The molecule has 4 nitrogen and oxygen atoms in total. The van der Waals surface area contributed by atoms with Crippen molar-refractivity contribution in [1.29, 1.82) is 0 Å². The maximum atomic E-state index is 12.5. The van der Waals surface area contributed by atoms with Crippen LogP contribution in [0.3, 0.4) is 0 Å². The third-order valence-electron chi connectivity index (χ3n) is 3.99. The molecule has 1 aliphatic heterocycles. The molecule has 122 valence electrons. The molecule has 1 aromatic carbocycles. The Kier molecular flexibility index (Phi) is 4.19. The van der Waals surface area contributed by atoms with Gasteiger partial charge in [0.15, 0.2) is 0 Å². The van der Waals surface area contributed by atoms with Gasteiger partial charge >= 0.3 is 6.09 Å². The first-order valence-corrected chi connectivity index (χ1v) is 8.26. The molecule has 2 heterocycles. The van der Waals surface area contributed by atoms with E-state index in [1.807, 2.05) is 43.9 Å². The number of ether oxygens (including phenoxy) is 1. The van der Waals surface area contributed by atoms with E-state index < -0.39 is 5.60 Å². The minimum Gasteiger partial charge on any atom is -0.444 e. The van der Waals surface area contributed by atoms with Crippen molar-refractivity contribution in [3.8, 4) is 0 Å². The van der Waals surface area contributed by atoms with Crippen molar-refractivity contribution in [3.63, 3.8) is 0 Å². The molecule has 23 heavy (non-hydrogen) atoms. The van der Waals surface area contributed by atoms with Gasteiger partial charge in [0, 0.05) is 29.3 Å². The van der Waals surface area contributed by atoms with E-state index in [0.717, 1.165) is 29.2 Å². The Bertz CT molecular complexity index is 739. The van der Waals surface area contributed by atoms with Crippen molar-refractivity contribution in [2.75, 3.05) is 6.54 Å². The summed E-state index contributed by atoms with van der Waals surface area (Å²) in [6.07, 6.45) is 5.19. The first kappa shape index (κ1) is 16.1. The number of fused-ring (bicyclic) bond motifs is 1. The molecule has 0 unspecified atom stereocenters. The number of aromatic nitrogens is 1. The van der Waals surface area contributed by atoms with Crippen molar-refractivity contribution in [3.05, 3.63) is 41.2 Å². The third-order valence-corrected chi connectivity index (χ3v) is 4.21. The minimum atomic E-state index is -0.495. The lowest BCUT2D eigenvalue weighted by atomic mass is 9.98. The topological polar surface area (TPSA) is 42.4 Å². The molecule has 0 bridgehead atoms. The zero-order chi connectivity index (χ0) is 16.6. The molecule has 2 aromatic rings. The Labute approximate surface area is 141 Å². The zero-order valence-corrected chi connectivity index (χ0v) is 14.4. The predicted molar refractivity (Wildman–Crippen MR) is 91.7 cm³/mol. The van der Waals surface area contributed by atoms with Gasteiger partial charge in [-0.3, -0.25) is 4.98 Å². The SMILES string of the molecule is CC(C)(C)OC(=O)N1CCC[C@H]1c1cc(Cl)cc2cnccc12. The lowest BCUT2D eigenvalue weighted by Crippen LogP contribution is -2.36. The van der Waals surface area contributed by atoms with Gasteiger partial charge in [-0.15, -0.1) is 0 Å². The van der Waals surface area contributed by atoms with Crippen LogP contribution in [0, 0.1) is 0 Å². The summed E-state index contributed by atoms with van der Waals surface area (Å²) in [5.41, 5.74) is 0.572. The summed E-state index contributed by atoms with van der Waals surface area (Å²) in [5.74, 6) is 0. The van der Waals surface area contributed by atoms with Crippen LogP contribution < -0.4 is 0 Å². The van der Waals surface area contributed by atoms with Crippen LogP contribution in [0.2, 0.25) is 5.02 Å². The summed E-state index contributed by atoms with van der Waals surface area (Å²) >= 11 is 6.27. The molecule has 0 radical (unpaired) electrons. The van der Waals surface area contributed by atoms with Gasteiger partial charge in [-0.2, -0.15) is 0 Å². The number of pyridine rings is 1. The van der Waals surface area contributed by atoms with E-state index in [9.17, 15) is 4.79 Å². The average molecular weight is 333 g/mol. The third kappa shape index (κ3) is 3.42. The van der Waals surface area contributed by atoms with Gasteiger partial charge in [0.1, 0.15) is 5.60 Å². The molecule has 1 atom stereocenters. The molecular formula is C18H21ClN2O2. The highest BCUT2D eigenvalue weighted by Gasteiger charge is 2.34. The van der Waals surface area contributed by atoms with E-state index in [2.05, 4.69) is 4.98 Å². The number of carbonyl (C=O) groups is 1. The molecule has 0 aliphatic carbocycles. The largest absolute Gasteiger partial charge is 0.444 e. The molecule has 1 saturated heterocycles. The van der Waals surface area contributed by atoms with E-state index in [1.165, 1.54) is 0 Å². The molecule has 1 aromatic heterocycles. The van der Waals surface area contributed by atoms with Crippen LogP contribution >= 0.6 is 11.6 Å². The normalized spacial score (nSPS) is 18.4. The van der Waals surface area contributed by atoms with Gasteiger partial charge in [0.2, 0.25) is 0 Å². The molecule has 1 fully saturated rings. The van der Waals surface area contributed by atoms with Crippen molar-refractivity contribution in [2.24, 2.45) is 0 Å². The van der Waals surface area contributed by atoms with E-state index >= 15 is 0 Å². The second-order valence-electron chi connectivity index (χ2n) is 6.92. The van der Waals surface area contributed by atoms with E-state index in [4.69, 9.17) is 16.3 Å². The maximum absolute atomic E-state index is 12.5. The predicted octanol–water partition coefficient (Wildman–Crippen LogP) is 4.96. The Hall–Kier alpha value is -1.81. The van der Waals surface area contributed by atoms with E-state index in [0.29, 0.717) is 11.6 Å². The number of carbonyl (C=O) groups excluding carboxylic acids is 1. The molecule has 3 rings (SSSR count). The fraction of sp³-hybridized carbons (Fsp3) is 0.444. The highest BCUT2D eigenvalue weighted by molar-refractivity contribution is 6.31. The summed E-state index contributed by atoms with van der Waals surface area (Å²) in [4.78, 5) is 18.5. The second-order valence-corrected chi connectivity index (χ2v) is 7.36. The summed E-state index contributed by atoms with van der Waals surface area (Å²) < 4.78 is 5.56.